The molecule has 2 aliphatic heterocycles. The Hall–Kier alpha value is -0.860. The zero-order chi connectivity index (χ0) is 12.9. The monoisotopic (exact) mass is 258 g/mol. The molecule has 0 spiro atoms. The number of likely N-dealkylation sites (tertiary alicyclic amines) is 1. The quantitative estimate of drug-likeness (QED) is 0.893. The summed E-state index contributed by atoms with van der Waals surface area (Å²) in [5.41, 5.74) is 3.05. The third-order valence-electron chi connectivity index (χ3n) is 4.64. The van der Waals surface area contributed by atoms with Crippen molar-refractivity contribution in [3.8, 4) is 0 Å². The summed E-state index contributed by atoms with van der Waals surface area (Å²) >= 11 is 0. The predicted octanol–water partition coefficient (Wildman–Crippen LogP) is 2.97. The molecule has 0 aliphatic carbocycles. The van der Waals surface area contributed by atoms with Gasteiger partial charge in [0, 0.05) is 12.6 Å². The van der Waals surface area contributed by atoms with Crippen molar-refractivity contribution in [2.45, 2.75) is 51.1 Å². The maximum Gasteiger partial charge on any atom is 0.0210 e. The number of benzene rings is 1. The average Bonchev–Trinajstić information content (AvgIpc) is 2.48. The summed E-state index contributed by atoms with van der Waals surface area (Å²) in [6.07, 6.45) is 8.16. The Balaban J connectivity index is 1.42. The van der Waals surface area contributed by atoms with Gasteiger partial charge < -0.3 is 10.2 Å². The highest BCUT2D eigenvalue weighted by molar-refractivity contribution is 5.29. The van der Waals surface area contributed by atoms with Crippen LogP contribution in [0.25, 0.3) is 0 Å². The lowest BCUT2D eigenvalue weighted by Gasteiger charge is -2.29. The molecule has 1 atom stereocenters. The third-order valence-corrected chi connectivity index (χ3v) is 4.64. The fourth-order valence-corrected chi connectivity index (χ4v) is 3.47. The average molecular weight is 258 g/mol. The minimum atomic E-state index is 0.694. The van der Waals surface area contributed by atoms with Crippen molar-refractivity contribution in [1.82, 2.24) is 10.2 Å². The van der Waals surface area contributed by atoms with Crippen LogP contribution in [-0.2, 0) is 13.0 Å². The van der Waals surface area contributed by atoms with E-state index in [1.54, 1.807) is 5.56 Å². The van der Waals surface area contributed by atoms with Crippen LogP contribution >= 0.6 is 0 Å². The topological polar surface area (TPSA) is 15.3 Å². The van der Waals surface area contributed by atoms with E-state index in [-0.39, 0.29) is 0 Å². The van der Waals surface area contributed by atoms with E-state index in [1.807, 2.05) is 0 Å². The minimum Gasteiger partial charge on any atom is -0.310 e. The number of fused-ring (bicyclic) bond motifs is 1. The van der Waals surface area contributed by atoms with E-state index in [2.05, 4.69) is 34.5 Å². The second-order valence-corrected chi connectivity index (χ2v) is 6.10. The molecule has 2 aliphatic rings. The van der Waals surface area contributed by atoms with E-state index in [1.165, 1.54) is 63.7 Å². The van der Waals surface area contributed by atoms with Gasteiger partial charge in [0.05, 0.1) is 0 Å². The summed E-state index contributed by atoms with van der Waals surface area (Å²) in [7, 11) is 0. The van der Waals surface area contributed by atoms with Crippen LogP contribution in [0.5, 0.6) is 0 Å². The molecule has 1 saturated heterocycles. The van der Waals surface area contributed by atoms with Gasteiger partial charge in [0.25, 0.3) is 0 Å². The Morgan fingerprint density at radius 2 is 1.84 bits per heavy atom. The molecule has 104 valence electrons. The number of rotatable bonds is 4. The first-order valence-electron chi connectivity index (χ1n) is 7.94. The maximum atomic E-state index is 3.69. The molecule has 3 rings (SSSR count). The molecule has 2 nitrogen and oxygen atoms in total. The highest BCUT2D eigenvalue weighted by Gasteiger charge is 2.17. The molecule has 19 heavy (non-hydrogen) atoms. The Labute approximate surface area is 117 Å². The van der Waals surface area contributed by atoms with Crippen LogP contribution in [0.3, 0.4) is 0 Å². The lowest BCUT2D eigenvalue weighted by atomic mass is 9.93. The molecule has 0 bridgehead atoms. The van der Waals surface area contributed by atoms with E-state index in [0.29, 0.717) is 6.04 Å². The van der Waals surface area contributed by atoms with Gasteiger partial charge in [0.15, 0.2) is 0 Å². The molecule has 0 radical (unpaired) electrons. The molecule has 1 aromatic carbocycles. The molecule has 0 saturated carbocycles. The third kappa shape index (κ3) is 3.58. The molecule has 0 aromatic heterocycles. The van der Waals surface area contributed by atoms with Crippen LogP contribution < -0.4 is 5.32 Å². The minimum absolute atomic E-state index is 0.694. The first-order valence-corrected chi connectivity index (χ1v) is 7.94. The summed E-state index contributed by atoms with van der Waals surface area (Å²) in [6, 6.07) is 9.58. The van der Waals surface area contributed by atoms with Crippen LogP contribution in [0.2, 0.25) is 0 Å². The van der Waals surface area contributed by atoms with E-state index < -0.39 is 0 Å². The molecule has 1 N–H and O–H groups in total. The van der Waals surface area contributed by atoms with E-state index in [4.69, 9.17) is 0 Å². The van der Waals surface area contributed by atoms with Crippen molar-refractivity contribution in [3.05, 3.63) is 35.4 Å². The van der Waals surface area contributed by atoms with Crippen molar-refractivity contribution in [1.29, 1.82) is 0 Å². The molecule has 0 amide bonds. The second-order valence-electron chi connectivity index (χ2n) is 6.10. The Kier molecular flexibility index (Phi) is 4.52. The zero-order valence-electron chi connectivity index (χ0n) is 11.9. The highest BCUT2D eigenvalue weighted by Crippen LogP contribution is 2.19. The maximum absolute atomic E-state index is 3.69. The van der Waals surface area contributed by atoms with Crippen LogP contribution in [0.1, 0.15) is 43.2 Å². The molecule has 1 aromatic rings. The van der Waals surface area contributed by atoms with Gasteiger partial charge in [-0.1, -0.05) is 30.7 Å². The predicted molar refractivity (Wildman–Crippen MR) is 80.3 cm³/mol. The Morgan fingerprint density at radius 1 is 1.05 bits per heavy atom. The van der Waals surface area contributed by atoms with Crippen molar-refractivity contribution in [2.24, 2.45) is 0 Å². The first kappa shape index (κ1) is 13.1. The van der Waals surface area contributed by atoms with Crippen LogP contribution in [0.15, 0.2) is 24.3 Å². The van der Waals surface area contributed by atoms with Gasteiger partial charge in [-0.05, 0) is 62.9 Å². The van der Waals surface area contributed by atoms with Crippen molar-refractivity contribution >= 4 is 0 Å². The smallest absolute Gasteiger partial charge is 0.0210 e. The summed E-state index contributed by atoms with van der Waals surface area (Å²) in [5.74, 6) is 0. The van der Waals surface area contributed by atoms with Crippen molar-refractivity contribution in [2.75, 3.05) is 19.6 Å². The van der Waals surface area contributed by atoms with Gasteiger partial charge in [0.1, 0.15) is 0 Å². The molecular formula is C17H26N2. The van der Waals surface area contributed by atoms with Gasteiger partial charge in [-0.2, -0.15) is 0 Å². The Bertz CT molecular complexity index is 396. The fourth-order valence-electron chi connectivity index (χ4n) is 3.47. The highest BCUT2D eigenvalue weighted by atomic mass is 15.1. The van der Waals surface area contributed by atoms with E-state index in [0.717, 1.165) is 6.54 Å². The summed E-state index contributed by atoms with van der Waals surface area (Å²) in [6.45, 7) is 5.03. The number of hydrogen-bond acceptors (Lipinski definition) is 2. The van der Waals surface area contributed by atoms with Crippen LogP contribution in [0, 0.1) is 0 Å². The number of hydrogen-bond donors (Lipinski definition) is 1. The van der Waals surface area contributed by atoms with Gasteiger partial charge in [-0.3, -0.25) is 0 Å². The van der Waals surface area contributed by atoms with Gasteiger partial charge in [0.2, 0.25) is 0 Å². The fraction of sp³-hybridized carbons (Fsp3) is 0.647. The van der Waals surface area contributed by atoms with Gasteiger partial charge in [-0.25, -0.2) is 0 Å². The summed E-state index contributed by atoms with van der Waals surface area (Å²) in [4.78, 5) is 2.65. The summed E-state index contributed by atoms with van der Waals surface area (Å²) < 4.78 is 0. The number of nitrogens with one attached hydrogen (secondary N) is 1. The molecule has 2 heterocycles. The largest absolute Gasteiger partial charge is 0.310 e. The van der Waals surface area contributed by atoms with E-state index in [9.17, 15) is 0 Å². The normalized spacial score (nSPS) is 24.1. The van der Waals surface area contributed by atoms with Gasteiger partial charge in [-0.15, -0.1) is 0 Å². The standard InChI is InChI=1S/C17H26N2/c1-4-10-19(11-5-1)12-6-9-17-13-15-7-2-3-8-16(15)14-18-17/h2-3,7-8,17-18H,1,4-6,9-14H2. The van der Waals surface area contributed by atoms with Gasteiger partial charge >= 0.3 is 0 Å². The van der Waals surface area contributed by atoms with Crippen molar-refractivity contribution in [3.63, 3.8) is 0 Å². The SMILES string of the molecule is c1ccc2c(c1)CNC(CCCN1CCCCC1)C2. The Morgan fingerprint density at radius 3 is 2.68 bits per heavy atom. The lowest BCUT2D eigenvalue weighted by Crippen LogP contribution is -2.37. The molecule has 1 fully saturated rings. The van der Waals surface area contributed by atoms with Crippen LogP contribution in [-0.4, -0.2) is 30.6 Å². The van der Waals surface area contributed by atoms with E-state index >= 15 is 0 Å². The molecule has 1 unspecified atom stereocenters. The molecular weight excluding hydrogens is 232 g/mol. The zero-order valence-corrected chi connectivity index (χ0v) is 11.9. The first-order chi connectivity index (χ1) is 9.42. The lowest BCUT2D eigenvalue weighted by molar-refractivity contribution is 0.220. The number of piperidine rings is 1. The molecule has 2 heteroatoms. The van der Waals surface area contributed by atoms with Crippen molar-refractivity contribution < 1.29 is 0 Å². The summed E-state index contributed by atoms with van der Waals surface area (Å²) in [5, 5.41) is 3.69. The van der Waals surface area contributed by atoms with Crippen LogP contribution in [0.4, 0.5) is 0 Å². The number of nitrogens with zero attached hydrogens (tertiary/aromatic N) is 1. The second kappa shape index (κ2) is 6.53.